The molecule has 2 aromatic rings. The number of fused-ring (bicyclic) bond motifs is 1. The van der Waals surface area contributed by atoms with Crippen LogP contribution in [0.15, 0.2) is 54.3 Å². The Labute approximate surface area is 397 Å². The lowest BCUT2D eigenvalue weighted by Crippen LogP contribution is -2.63. The van der Waals surface area contributed by atoms with Gasteiger partial charge in [0.15, 0.2) is 0 Å². The van der Waals surface area contributed by atoms with Crippen LogP contribution in [0, 0.1) is 11.3 Å². The monoisotopic (exact) mass is 933 g/mol. The van der Waals surface area contributed by atoms with Gasteiger partial charge in [-0.1, -0.05) is 72.7 Å². The Morgan fingerprint density at radius 2 is 1.36 bits per heavy atom. The third-order valence-electron chi connectivity index (χ3n) is 11.7. The molecular weight excluding hydrogens is 857 g/mol. The summed E-state index contributed by atoms with van der Waals surface area (Å²) in [6, 6.07) is 3.69. The Morgan fingerprint density at radius 1 is 0.791 bits per heavy atom. The Balaban J connectivity index is 1.91. The van der Waals surface area contributed by atoms with Crippen LogP contribution in [0.5, 0.6) is 0 Å². The van der Waals surface area contributed by atoms with E-state index in [0.29, 0.717) is 0 Å². The number of hydrogen-bond donors (Lipinski definition) is 2. The van der Waals surface area contributed by atoms with Crippen molar-refractivity contribution in [3.8, 4) is 0 Å². The molecule has 6 amide bonds. The molecule has 2 N–H and O–H groups in total. The second kappa shape index (κ2) is 21.9. The number of ketones is 1. The van der Waals surface area contributed by atoms with Crippen LogP contribution in [0.2, 0.25) is 0 Å². The first kappa shape index (κ1) is 55.5. The van der Waals surface area contributed by atoms with Gasteiger partial charge in [0.1, 0.15) is 35.1 Å². The lowest BCUT2D eigenvalue weighted by Gasteiger charge is -2.42. The minimum absolute atomic E-state index is 0.0560. The van der Waals surface area contributed by atoms with E-state index >= 15 is 0 Å². The normalized spacial score (nSPS) is 15.6. The van der Waals surface area contributed by atoms with E-state index in [2.05, 4.69) is 10.6 Å². The molecule has 3 rings (SSSR count). The van der Waals surface area contributed by atoms with Crippen LogP contribution in [0.4, 0.5) is 4.79 Å². The number of nitrogens with one attached hydrogen (secondary N) is 2. The molecule has 0 unspecified atom stereocenters. The van der Waals surface area contributed by atoms with Crippen LogP contribution in [-0.2, 0) is 55.5 Å². The van der Waals surface area contributed by atoms with Crippen LogP contribution in [0.1, 0.15) is 128 Å². The molecule has 1 aliphatic rings. The number of carbonyl (C=O) groups is 8. The van der Waals surface area contributed by atoms with Gasteiger partial charge in [-0.05, 0) is 84.3 Å². The van der Waals surface area contributed by atoms with Gasteiger partial charge in [-0.25, -0.2) is 9.59 Å². The van der Waals surface area contributed by atoms with E-state index in [4.69, 9.17) is 9.47 Å². The molecular formula is C51H76N6O10. The SMILES string of the molecule is C/C(=C\[C@H](C(C)C)N(C)C(=O)[C@@H](NC(=O)[C@@H](N(C)C(=O)OC(C)(C)C)C(C)(C)c1cn(C)c2ccccc12)C(C)(C)C)C(=O)N[C@@H](CCC(=O)CCCN1C(=O)C=CC1=O)C(=O)OC(C)(C)C. The van der Waals surface area contributed by atoms with Crippen molar-refractivity contribution in [1.29, 1.82) is 0 Å². The van der Waals surface area contributed by atoms with Crippen LogP contribution in [0.25, 0.3) is 10.9 Å². The topological polar surface area (TPSA) is 194 Å². The lowest BCUT2D eigenvalue weighted by molar-refractivity contribution is -0.158. The van der Waals surface area contributed by atoms with E-state index in [1.54, 1.807) is 61.6 Å². The maximum atomic E-state index is 15.0. The summed E-state index contributed by atoms with van der Waals surface area (Å²) in [6.07, 6.45) is 5.40. The number of Topliss-reactive ketones (excluding diaryl/α,β-unsaturated/α-hetero) is 1. The molecule has 0 spiro atoms. The largest absolute Gasteiger partial charge is 0.458 e. The van der Waals surface area contributed by atoms with Gasteiger partial charge in [-0.2, -0.15) is 0 Å². The predicted octanol–water partition coefficient (Wildman–Crippen LogP) is 6.53. The van der Waals surface area contributed by atoms with Crippen LogP contribution in [-0.4, -0.2) is 123 Å². The summed E-state index contributed by atoms with van der Waals surface area (Å²) in [7, 11) is 5.04. The smallest absolute Gasteiger partial charge is 0.410 e. The van der Waals surface area contributed by atoms with E-state index in [9.17, 15) is 38.4 Å². The fourth-order valence-electron chi connectivity index (χ4n) is 8.14. The number of ether oxygens (including phenoxy) is 2. The lowest BCUT2D eigenvalue weighted by atomic mass is 9.76. The summed E-state index contributed by atoms with van der Waals surface area (Å²) in [6.45, 7) is 25.0. The van der Waals surface area contributed by atoms with Crippen LogP contribution >= 0.6 is 0 Å². The Kier molecular flexibility index (Phi) is 18.1. The fraction of sp³-hybridized carbons (Fsp3) is 0.608. The molecule has 0 radical (unpaired) electrons. The quantitative estimate of drug-likeness (QED) is 0.0889. The zero-order valence-corrected chi connectivity index (χ0v) is 42.9. The number of rotatable bonds is 19. The van der Waals surface area contributed by atoms with E-state index in [0.717, 1.165) is 21.4 Å². The van der Waals surface area contributed by atoms with Gasteiger partial charge in [0, 0.05) is 80.8 Å². The summed E-state index contributed by atoms with van der Waals surface area (Å²) in [4.78, 5) is 111. The Hall–Kier alpha value is -5.80. The van der Waals surface area contributed by atoms with Crippen molar-refractivity contribution >= 4 is 58.3 Å². The van der Waals surface area contributed by atoms with Crippen LogP contribution < -0.4 is 10.6 Å². The molecule has 0 fully saturated rings. The van der Waals surface area contributed by atoms with Crippen molar-refractivity contribution in [1.82, 2.24) is 29.9 Å². The van der Waals surface area contributed by atoms with Gasteiger partial charge in [0.05, 0.1) is 6.04 Å². The number of benzene rings is 1. The molecule has 370 valence electrons. The van der Waals surface area contributed by atoms with E-state index in [1.807, 2.05) is 90.5 Å². The number of carbonyl (C=O) groups excluding carboxylic acids is 8. The van der Waals surface area contributed by atoms with Gasteiger partial charge < -0.3 is 29.6 Å². The number of aromatic nitrogens is 1. The molecule has 16 heteroatoms. The van der Waals surface area contributed by atoms with E-state index in [1.165, 1.54) is 29.0 Å². The summed E-state index contributed by atoms with van der Waals surface area (Å²) >= 11 is 0. The van der Waals surface area contributed by atoms with Gasteiger partial charge in [-0.15, -0.1) is 0 Å². The predicted molar refractivity (Wildman–Crippen MR) is 257 cm³/mol. The highest BCUT2D eigenvalue weighted by Crippen LogP contribution is 2.37. The number of para-hydroxylation sites is 1. The van der Waals surface area contributed by atoms with E-state index < -0.39 is 87.8 Å². The van der Waals surface area contributed by atoms with Crippen molar-refractivity contribution in [2.75, 3.05) is 20.6 Å². The minimum Gasteiger partial charge on any atom is -0.458 e. The van der Waals surface area contributed by atoms with Crippen molar-refractivity contribution < 1.29 is 47.8 Å². The Bertz CT molecular complexity index is 2230. The third kappa shape index (κ3) is 14.8. The zero-order chi connectivity index (χ0) is 51.1. The second-order valence-electron chi connectivity index (χ2n) is 21.6. The zero-order valence-electron chi connectivity index (χ0n) is 42.9. The number of amides is 6. The standard InChI is InChI=1S/C51H76N6O10/c1-31(2)38(29-32(3)43(61)52-36(46(64)66-49(7,8)9)25-24-33(58)21-20-28-57-39(59)26-27-40(57)60)55(16)45(63)41(48(4,5)6)53-44(62)42(56(17)47(65)67-50(10,11)12)51(13,14)35-30-54(15)37-23-19-18-22-34(35)37/h18-19,22-23,26-27,29-31,36,38,41-42H,20-21,24-25,28H2,1-17H3,(H,52,61)(H,53,62)/b32-29+/t36-,38+,41+,42+/m0/s1. The van der Waals surface area contributed by atoms with Crippen molar-refractivity contribution in [3.63, 3.8) is 0 Å². The summed E-state index contributed by atoms with van der Waals surface area (Å²) in [5.41, 5.74) is -1.64. The third-order valence-corrected chi connectivity index (χ3v) is 11.7. The maximum absolute atomic E-state index is 15.0. The van der Waals surface area contributed by atoms with Gasteiger partial charge in [0.2, 0.25) is 17.7 Å². The van der Waals surface area contributed by atoms with Crippen LogP contribution in [0.3, 0.4) is 0 Å². The number of nitrogens with zero attached hydrogens (tertiary/aromatic N) is 4. The molecule has 1 aromatic heterocycles. The Morgan fingerprint density at radius 3 is 1.90 bits per heavy atom. The highest BCUT2D eigenvalue weighted by Gasteiger charge is 2.47. The number of aryl methyl sites for hydroxylation is 1. The molecule has 1 aromatic carbocycles. The number of likely N-dealkylation sites (N-methyl/N-ethyl adjacent to an activating group) is 2. The van der Waals surface area contributed by atoms with Crippen molar-refractivity contribution in [3.05, 3.63) is 59.8 Å². The van der Waals surface area contributed by atoms with Crippen molar-refractivity contribution in [2.24, 2.45) is 18.4 Å². The maximum Gasteiger partial charge on any atom is 0.410 e. The summed E-state index contributed by atoms with van der Waals surface area (Å²) in [5.74, 6) is -3.67. The highest BCUT2D eigenvalue weighted by atomic mass is 16.6. The first-order valence-corrected chi connectivity index (χ1v) is 23.0. The van der Waals surface area contributed by atoms with Gasteiger partial charge in [0.25, 0.3) is 11.8 Å². The first-order valence-electron chi connectivity index (χ1n) is 23.0. The minimum atomic E-state index is -1.19. The highest BCUT2D eigenvalue weighted by molar-refractivity contribution is 6.12. The van der Waals surface area contributed by atoms with Gasteiger partial charge in [-0.3, -0.25) is 38.6 Å². The molecule has 0 saturated carbocycles. The molecule has 2 heterocycles. The second-order valence-corrected chi connectivity index (χ2v) is 21.6. The molecule has 16 nitrogen and oxygen atoms in total. The number of esters is 1. The van der Waals surface area contributed by atoms with Gasteiger partial charge >= 0.3 is 12.1 Å². The number of hydrogen-bond acceptors (Lipinski definition) is 10. The number of imide groups is 1. The molecule has 0 saturated heterocycles. The summed E-state index contributed by atoms with van der Waals surface area (Å²) in [5, 5.41) is 6.69. The molecule has 67 heavy (non-hydrogen) atoms. The average Bonchev–Trinajstić information content (AvgIpc) is 3.71. The average molecular weight is 933 g/mol. The molecule has 4 atom stereocenters. The molecule has 0 aliphatic carbocycles. The fourth-order valence-corrected chi connectivity index (χ4v) is 8.14. The molecule has 0 bridgehead atoms. The summed E-state index contributed by atoms with van der Waals surface area (Å²) < 4.78 is 13.3. The molecule has 1 aliphatic heterocycles. The van der Waals surface area contributed by atoms with Crippen molar-refractivity contribution in [2.45, 2.75) is 163 Å². The first-order chi connectivity index (χ1) is 30.7. The van der Waals surface area contributed by atoms with E-state index in [-0.39, 0.29) is 49.5 Å².